The number of hydrogen-bond donors (Lipinski definition) is 1. The van der Waals surface area contributed by atoms with Gasteiger partial charge < -0.3 is 19.7 Å². The predicted octanol–water partition coefficient (Wildman–Crippen LogP) is 3.81. The lowest BCUT2D eigenvalue weighted by molar-refractivity contribution is 0.0426. The molecule has 0 aromatic heterocycles. The van der Waals surface area contributed by atoms with Crippen LogP contribution >= 0.6 is 0 Å². The molecule has 0 aliphatic carbocycles. The Kier molecular flexibility index (Phi) is 7.15. The van der Waals surface area contributed by atoms with E-state index in [0.717, 1.165) is 37.3 Å². The number of piperazine rings is 1. The van der Waals surface area contributed by atoms with Gasteiger partial charge in [0.25, 0.3) is 0 Å². The van der Waals surface area contributed by atoms with E-state index in [4.69, 9.17) is 9.47 Å². The van der Waals surface area contributed by atoms with Crippen LogP contribution in [0.4, 0.5) is 5.69 Å². The van der Waals surface area contributed by atoms with Gasteiger partial charge in [0.05, 0.1) is 16.8 Å². The van der Waals surface area contributed by atoms with Crippen molar-refractivity contribution in [3.63, 3.8) is 0 Å². The van der Waals surface area contributed by atoms with Gasteiger partial charge in [-0.15, -0.1) is 0 Å². The molecule has 1 saturated heterocycles. The number of esters is 2. The number of ether oxygens (including phenoxy) is 2. The van der Waals surface area contributed by atoms with Gasteiger partial charge in [-0.2, -0.15) is 0 Å². The number of carbonyl (C=O) groups is 2. The third-order valence-electron chi connectivity index (χ3n) is 5.35. The van der Waals surface area contributed by atoms with Crippen molar-refractivity contribution < 1.29 is 19.1 Å². The van der Waals surface area contributed by atoms with Crippen molar-refractivity contribution in [1.82, 2.24) is 5.32 Å². The van der Waals surface area contributed by atoms with Crippen molar-refractivity contribution in [3.05, 3.63) is 101 Å². The molecule has 0 amide bonds. The van der Waals surface area contributed by atoms with Crippen molar-refractivity contribution in [2.75, 3.05) is 31.1 Å². The highest BCUT2D eigenvalue weighted by Crippen LogP contribution is 2.27. The molecule has 6 nitrogen and oxygen atoms in total. The SMILES string of the molecule is O=C(OCc1ccccc1)c1cccc(N2CCNCC2)c1C(=O)OCc1ccccc1. The van der Waals surface area contributed by atoms with E-state index in [1.807, 2.05) is 66.7 Å². The zero-order chi connectivity index (χ0) is 22.2. The lowest BCUT2D eigenvalue weighted by atomic mass is 10.0. The number of nitrogens with zero attached hydrogens (tertiary/aromatic N) is 1. The van der Waals surface area contributed by atoms with E-state index in [1.54, 1.807) is 12.1 Å². The molecule has 0 radical (unpaired) electrons. The molecule has 3 aromatic carbocycles. The minimum absolute atomic E-state index is 0.133. The van der Waals surface area contributed by atoms with Gasteiger partial charge in [-0.05, 0) is 23.3 Å². The van der Waals surface area contributed by atoms with E-state index in [0.29, 0.717) is 5.69 Å². The Labute approximate surface area is 187 Å². The van der Waals surface area contributed by atoms with E-state index >= 15 is 0 Å². The lowest BCUT2D eigenvalue weighted by Crippen LogP contribution is -2.44. The van der Waals surface area contributed by atoms with Crippen LogP contribution in [0, 0.1) is 0 Å². The summed E-state index contributed by atoms with van der Waals surface area (Å²) in [4.78, 5) is 28.3. The first kappa shape index (κ1) is 21.6. The number of rotatable bonds is 7. The van der Waals surface area contributed by atoms with Gasteiger partial charge in [-0.3, -0.25) is 0 Å². The van der Waals surface area contributed by atoms with Crippen LogP contribution in [-0.4, -0.2) is 38.1 Å². The molecule has 1 aliphatic rings. The van der Waals surface area contributed by atoms with Crippen LogP contribution in [0.1, 0.15) is 31.8 Å². The molecular formula is C26H26N2O4. The zero-order valence-electron chi connectivity index (χ0n) is 17.8. The van der Waals surface area contributed by atoms with Crippen LogP contribution in [0.3, 0.4) is 0 Å². The number of benzene rings is 3. The molecule has 0 spiro atoms. The van der Waals surface area contributed by atoms with Gasteiger partial charge in [-0.1, -0.05) is 66.7 Å². The summed E-state index contributed by atoms with van der Waals surface area (Å²) in [7, 11) is 0. The molecule has 6 heteroatoms. The zero-order valence-corrected chi connectivity index (χ0v) is 17.8. The van der Waals surface area contributed by atoms with Gasteiger partial charge in [0, 0.05) is 26.2 Å². The smallest absolute Gasteiger partial charge is 0.341 e. The van der Waals surface area contributed by atoms with Gasteiger partial charge in [0.15, 0.2) is 0 Å². The first-order valence-electron chi connectivity index (χ1n) is 10.7. The fraction of sp³-hybridized carbons (Fsp3) is 0.231. The molecule has 3 aromatic rings. The minimum Gasteiger partial charge on any atom is -0.457 e. The standard InChI is InChI=1S/C26H26N2O4/c29-25(31-18-20-8-3-1-4-9-20)22-12-7-13-23(28-16-14-27-15-17-28)24(22)26(30)32-19-21-10-5-2-6-11-21/h1-13,27H,14-19H2. The summed E-state index contributed by atoms with van der Waals surface area (Å²) >= 11 is 0. The van der Waals surface area contributed by atoms with Gasteiger partial charge in [0.2, 0.25) is 0 Å². The van der Waals surface area contributed by atoms with Gasteiger partial charge >= 0.3 is 11.9 Å². The van der Waals surface area contributed by atoms with Crippen LogP contribution in [-0.2, 0) is 22.7 Å². The van der Waals surface area contributed by atoms with Crippen LogP contribution < -0.4 is 10.2 Å². The Bertz CT molecular complexity index is 1050. The highest BCUT2D eigenvalue weighted by atomic mass is 16.5. The second kappa shape index (κ2) is 10.6. The molecule has 1 aliphatic heterocycles. The van der Waals surface area contributed by atoms with E-state index in [9.17, 15) is 9.59 Å². The summed E-state index contributed by atoms with van der Waals surface area (Å²) in [5.74, 6) is -1.08. The summed E-state index contributed by atoms with van der Waals surface area (Å²) in [6.45, 7) is 3.36. The average Bonchev–Trinajstić information content (AvgIpc) is 2.87. The molecule has 164 valence electrons. The van der Waals surface area contributed by atoms with Crippen LogP contribution in [0.15, 0.2) is 78.9 Å². The summed E-state index contributed by atoms with van der Waals surface area (Å²) < 4.78 is 11.1. The molecule has 0 atom stereocenters. The first-order chi connectivity index (χ1) is 15.7. The molecule has 4 rings (SSSR count). The van der Waals surface area contributed by atoms with Crippen molar-refractivity contribution in [2.24, 2.45) is 0 Å². The largest absolute Gasteiger partial charge is 0.457 e. The molecule has 32 heavy (non-hydrogen) atoms. The average molecular weight is 431 g/mol. The first-order valence-corrected chi connectivity index (χ1v) is 10.7. The van der Waals surface area contributed by atoms with E-state index in [-0.39, 0.29) is 24.3 Å². The monoisotopic (exact) mass is 430 g/mol. The fourth-order valence-corrected chi connectivity index (χ4v) is 3.69. The van der Waals surface area contributed by atoms with Crippen LogP contribution in [0.25, 0.3) is 0 Å². The van der Waals surface area contributed by atoms with Crippen LogP contribution in [0.2, 0.25) is 0 Å². The maximum Gasteiger partial charge on any atom is 0.341 e. The van der Waals surface area contributed by atoms with E-state index in [2.05, 4.69) is 10.2 Å². The Morgan fingerprint density at radius 3 is 1.88 bits per heavy atom. The van der Waals surface area contributed by atoms with Crippen molar-refractivity contribution in [3.8, 4) is 0 Å². The molecular weight excluding hydrogens is 404 g/mol. The number of carbonyl (C=O) groups excluding carboxylic acids is 2. The lowest BCUT2D eigenvalue weighted by Gasteiger charge is -2.31. The summed E-state index contributed by atoms with van der Waals surface area (Å²) in [6, 6.07) is 24.2. The number of hydrogen-bond acceptors (Lipinski definition) is 6. The number of anilines is 1. The molecule has 1 heterocycles. The molecule has 0 saturated carbocycles. The quantitative estimate of drug-likeness (QED) is 0.575. The van der Waals surface area contributed by atoms with Crippen molar-refractivity contribution >= 4 is 17.6 Å². The molecule has 0 unspecified atom stereocenters. The van der Waals surface area contributed by atoms with Crippen molar-refractivity contribution in [1.29, 1.82) is 0 Å². The highest BCUT2D eigenvalue weighted by molar-refractivity contribution is 6.07. The normalized spacial score (nSPS) is 13.4. The third kappa shape index (κ3) is 5.34. The Morgan fingerprint density at radius 2 is 1.28 bits per heavy atom. The van der Waals surface area contributed by atoms with Gasteiger partial charge in [0.1, 0.15) is 13.2 Å². The second-order valence-corrected chi connectivity index (χ2v) is 7.56. The Hall–Kier alpha value is -3.64. The molecule has 0 bridgehead atoms. The summed E-state index contributed by atoms with van der Waals surface area (Å²) in [6.07, 6.45) is 0. The minimum atomic E-state index is -0.544. The second-order valence-electron chi connectivity index (χ2n) is 7.56. The van der Waals surface area contributed by atoms with Crippen LogP contribution in [0.5, 0.6) is 0 Å². The molecule has 1 N–H and O–H groups in total. The topological polar surface area (TPSA) is 67.9 Å². The Balaban J connectivity index is 1.59. The highest BCUT2D eigenvalue weighted by Gasteiger charge is 2.26. The van der Waals surface area contributed by atoms with Crippen molar-refractivity contribution in [2.45, 2.75) is 13.2 Å². The van der Waals surface area contributed by atoms with E-state index < -0.39 is 11.9 Å². The third-order valence-corrected chi connectivity index (χ3v) is 5.35. The van der Waals surface area contributed by atoms with Gasteiger partial charge in [-0.25, -0.2) is 9.59 Å². The van der Waals surface area contributed by atoms with E-state index in [1.165, 1.54) is 0 Å². The summed E-state index contributed by atoms with van der Waals surface area (Å²) in [5, 5.41) is 3.31. The summed E-state index contributed by atoms with van der Waals surface area (Å²) in [5.41, 5.74) is 2.93. The fourth-order valence-electron chi connectivity index (χ4n) is 3.69. The maximum atomic E-state index is 13.2. The predicted molar refractivity (Wildman–Crippen MR) is 123 cm³/mol. The number of nitrogens with one attached hydrogen (secondary N) is 1. The maximum absolute atomic E-state index is 13.2. The molecule has 1 fully saturated rings. The Morgan fingerprint density at radius 1 is 0.719 bits per heavy atom.